The smallest absolute Gasteiger partial charge is 0.262 e. The third kappa shape index (κ3) is 7.96. The van der Waals surface area contributed by atoms with E-state index in [9.17, 15) is 20.1 Å². The lowest BCUT2D eigenvalue weighted by Crippen LogP contribution is -2.65. The third-order valence-electron chi connectivity index (χ3n) is 12.3. The molecule has 1 saturated carbocycles. The Hall–Kier alpha value is -3.67. The van der Waals surface area contributed by atoms with E-state index in [0.717, 1.165) is 59.3 Å². The molecule has 1 aliphatic carbocycles. The van der Waals surface area contributed by atoms with Crippen molar-refractivity contribution in [3.05, 3.63) is 82.9 Å². The van der Waals surface area contributed by atoms with Crippen LogP contribution in [0.25, 0.3) is 0 Å². The van der Waals surface area contributed by atoms with E-state index in [1.165, 1.54) is 50.9 Å². The zero-order chi connectivity index (χ0) is 36.3. The molecule has 10 heteroatoms. The van der Waals surface area contributed by atoms with E-state index in [1.54, 1.807) is 0 Å². The van der Waals surface area contributed by atoms with Gasteiger partial charge >= 0.3 is 0 Å². The number of piperidine rings is 3. The lowest BCUT2D eigenvalue weighted by molar-refractivity contribution is -0.946. The van der Waals surface area contributed by atoms with Gasteiger partial charge in [0.05, 0.1) is 44.6 Å². The van der Waals surface area contributed by atoms with Gasteiger partial charge in [-0.15, -0.1) is 0 Å². The number of anilines is 1. The number of nitrogens with one attached hydrogen (secondary N) is 2. The third-order valence-corrected chi connectivity index (χ3v) is 12.3. The standard InChI is InChI=1S/C42H55N3O7/c1-28-21-31(29(2)43-24-37(47)35-22-34(46)23-36-41(35)51-26-40(48)44-36)13-14-38(28)50-20-8-17-45-18-15-30(16-19-45)39(25-45)52-27-42(49,33-11-6-7-12-33)32-9-4-3-5-10-32/h3-5,9-10,13-14,21-23,29-30,33,37,39,43,47,49H,6-8,11-12,15-20,24-27H2,1-2H3,(H-,44,46,48)/p+1/t29?,30?,37-,39-,42+,45?/m1/s1. The fourth-order valence-electron chi connectivity index (χ4n) is 9.19. The number of hydrogen-bond acceptors (Lipinski definition) is 8. The van der Waals surface area contributed by atoms with E-state index in [1.807, 2.05) is 31.2 Å². The minimum Gasteiger partial charge on any atom is -0.508 e. The maximum atomic E-state index is 12.1. The monoisotopic (exact) mass is 714 g/mol. The number of nitrogens with zero attached hydrogens (tertiary/aromatic N) is 1. The number of quaternary nitrogens is 1. The first-order valence-corrected chi connectivity index (χ1v) is 19.3. The number of aliphatic hydroxyl groups is 2. The van der Waals surface area contributed by atoms with Gasteiger partial charge in [-0.2, -0.15) is 0 Å². The Balaban J connectivity index is 0.888. The largest absolute Gasteiger partial charge is 0.508 e. The van der Waals surface area contributed by atoms with Crippen LogP contribution in [-0.2, 0) is 15.1 Å². The molecule has 2 bridgehead atoms. The molecular formula is C42H56N3O7+. The fourth-order valence-corrected chi connectivity index (χ4v) is 9.19. The number of benzene rings is 3. The minimum absolute atomic E-state index is 0.0500. The summed E-state index contributed by atoms with van der Waals surface area (Å²) in [5.74, 6) is 1.74. The molecule has 280 valence electrons. The molecule has 1 amide bonds. The predicted molar refractivity (Wildman–Crippen MR) is 199 cm³/mol. The van der Waals surface area contributed by atoms with Crippen molar-refractivity contribution in [1.82, 2.24) is 5.32 Å². The molecule has 4 fully saturated rings. The number of hydrogen-bond donors (Lipinski definition) is 5. The summed E-state index contributed by atoms with van der Waals surface area (Å²) in [6.45, 7) is 9.71. The van der Waals surface area contributed by atoms with Crippen molar-refractivity contribution in [2.75, 3.05) is 57.9 Å². The Morgan fingerprint density at radius 3 is 2.58 bits per heavy atom. The summed E-state index contributed by atoms with van der Waals surface area (Å²) in [4.78, 5) is 11.7. The maximum Gasteiger partial charge on any atom is 0.262 e. The summed E-state index contributed by atoms with van der Waals surface area (Å²) in [6.07, 6.45) is 7.07. The van der Waals surface area contributed by atoms with Crippen molar-refractivity contribution in [3.63, 3.8) is 0 Å². The van der Waals surface area contributed by atoms with Gasteiger partial charge in [-0.05, 0) is 61.4 Å². The highest BCUT2D eigenvalue weighted by Gasteiger charge is 2.48. The molecule has 3 aromatic rings. The Labute approximate surface area is 307 Å². The quantitative estimate of drug-likeness (QED) is 0.0975. The summed E-state index contributed by atoms with van der Waals surface area (Å²) >= 11 is 0. The Morgan fingerprint density at radius 2 is 1.83 bits per heavy atom. The molecule has 3 aromatic carbocycles. The number of aliphatic hydroxyl groups excluding tert-OH is 1. The molecule has 0 spiro atoms. The average Bonchev–Trinajstić information content (AvgIpc) is 3.71. The fraction of sp³-hybridized carbons (Fsp3) is 0.548. The summed E-state index contributed by atoms with van der Waals surface area (Å²) in [5, 5.41) is 39.2. The molecule has 4 aliphatic heterocycles. The molecule has 1 unspecified atom stereocenters. The van der Waals surface area contributed by atoms with E-state index >= 15 is 0 Å². The van der Waals surface area contributed by atoms with Gasteiger partial charge < -0.3 is 44.6 Å². The molecule has 3 saturated heterocycles. The zero-order valence-electron chi connectivity index (χ0n) is 30.7. The number of fused-ring (bicyclic) bond motifs is 4. The highest BCUT2D eigenvalue weighted by Crippen LogP contribution is 2.43. The Kier molecular flexibility index (Phi) is 11.1. The van der Waals surface area contributed by atoms with Crippen LogP contribution in [0.4, 0.5) is 5.69 Å². The Bertz CT molecular complexity index is 1690. The van der Waals surface area contributed by atoms with Crippen LogP contribution >= 0.6 is 0 Å². The van der Waals surface area contributed by atoms with Crippen molar-refractivity contribution in [2.24, 2.45) is 11.8 Å². The molecule has 4 heterocycles. The van der Waals surface area contributed by atoms with Gasteiger partial charge in [-0.3, -0.25) is 4.79 Å². The molecule has 8 rings (SSSR count). The van der Waals surface area contributed by atoms with Crippen LogP contribution in [-0.4, -0.2) is 84.4 Å². The Morgan fingerprint density at radius 1 is 1.06 bits per heavy atom. The van der Waals surface area contributed by atoms with Crippen LogP contribution < -0.4 is 20.1 Å². The molecule has 0 aromatic heterocycles. The molecule has 5 N–H and O–H groups in total. The van der Waals surface area contributed by atoms with Gasteiger partial charge in [0.2, 0.25) is 0 Å². The summed E-state index contributed by atoms with van der Waals surface area (Å²) in [6, 6.07) is 19.3. The van der Waals surface area contributed by atoms with E-state index in [-0.39, 0.29) is 42.9 Å². The lowest BCUT2D eigenvalue weighted by Gasteiger charge is -2.53. The van der Waals surface area contributed by atoms with Gasteiger partial charge in [-0.1, -0.05) is 55.3 Å². The molecule has 4 atom stereocenters. The molecule has 52 heavy (non-hydrogen) atoms. The van der Waals surface area contributed by atoms with Crippen LogP contribution in [0.15, 0.2) is 60.7 Å². The van der Waals surface area contributed by atoms with E-state index in [4.69, 9.17) is 14.2 Å². The van der Waals surface area contributed by atoms with E-state index in [0.29, 0.717) is 36.1 Å². The minimum atomic E-state index is -0.949. The number of amides is 1. The molecular weight excluding hydrogens is 658 g/mol. The number of phenolic OH excluding ortho intramolecular Hbond substituents is 1. The number of ether oxygens (including phenoxy) is 3. The van der Waals surface area contributed by atoms with Crippen molar-refractivity contribution >= 4 is 11.6 Å². The summed E-state index contributed by atoms with van der Waals surface area (Å²) in [7, 11) is 0. The SMILES string of the molecule is Cc1cc(C(C)NC[C@@H](O)c2cc(O)cc3c2OCC(=O)N3)ccc1OCCC[N+]12CCC(CC1)[C@H](OC[C@](O)(c1ccccc1)C1CCCC1)C2. The second-order valence-electron chi connectivity index (χ2n) is 15.8. The molecule has 5 aliphatic rings. The van der Waals surface area contributed by atoms with Crippen molar-refractivity contribution in [2.45, 2.75) is 82.6 Å². The van der Waals surface area contributed by atoms with Crippen LogP contribution in [0.5, 0.6) is 17.2 Å². The second kappa shape index (κ2) is 15.7. The highest BCUT2D eigenvalue weighted by molar-refractivity contribution is 5.96. The molecule has 10 nitrogen and oxygen atoms in total. The number of rotatable bonds is 15. The van der Waals surface area contributed by atoms with Crippen LogP contribution in [0.3, 0.4) is 0 Å². The normalized spacial score (nSPS) is 25.1. The number of carbonyl (C=O) groups is 1. The van der Waals surface area contributed by atoms with Crippen LogP contribution in [0.2, 0.25) is 0 Å². The lowest BCUT2D eigenvalue weighted by atomic mass is 9.80. The number of aromatic hydroxyl groups is 1. The van der Waals surface area contributed by atoms with E-state index < -0.39 is 11.7 Å². The highest BCUT2D eigenvalue weighted by atomic mass is 16.5. The number of aryl methyl sites for hydroxylation is 1. The molecule has 0 radical (unpaired) electrons. The second-order valence-corrected chi connectivity index (χ2v) is 15.8. The summed E-state index contributed by atoms with van der Waals surface area (Å²) < 4.78 is 19.7. The van der Waals surface area contributed by atoms with Gasteiger partial charge in [0.15, 0.2) is 6.61 Å². The topological polar surface area (TPSA) is 130 Å². The average molecular weight is 715 g/mol. The van der Waals surface area contributed by atoms with E-state index in [2.05, 4.69) is 41.8 Å². The van der Waals surface area contributed by atoms with Gasteiger partial charge in [0, 0.05) is 49.4 Å². The first-order valence-electron chi connectivity index (χ1n) is 19.3. The first-order chi connectivity index (χ1) is 25.1. The van der Waals surface area contributed by atoms with Gasteiger partial charge in [0.25, 0.3) is 5.91 Å². The van der Waals surface area contributed by atoms with Crippen molar-refractivity contribution in [3.8, 4) is 17.2 Å². The van der Waals surface area contributed by atoms with Crippen molar-refractivity contribution in [1.29, 1.82) is 0 Å². The van der Waals surface area contributed by atoms with Crippen molar-refractivity contribution < 1.29 is 38.8 Å². The summed E-state index contributed by atoms with van der Waals surface area (Å²) in [5.41, 5.74) is 2.99. The van der Waals surface area contributed by atoms with Gasteiger partial charge in [-0.25, -0.2) is 0 Å². The first kappa shape index (κ1) is 36.7. The predicted octanol–water partition coefficient (Wildman–Crippen LogP) is 5.89. The van der Waals surface area contributed by atoms with Gasteiger partial charge in [0.1, 0.15) is 35.5 Å². The maximum absolute atomic E-state index is 12.1. The van der Waals surface area contributed by atoms with Crippen LogP contribution in [0.1, 0.15) is 86.3 Å². The number of phenols is 1. The number of carbonyl (C=O) groups excluding carboxylic acids is 1. The van der Waals surface area contributed by atoms with Crippen LogP contribution in [0, 0.1) is 18.8 Å². The zero-order valence-corrected chi connectivity index (χ0v) is 30.7.